The lowest BCUT2D eigenvalue weighted by Gasteiger charge is -2.06. The molecule has 0 saturated carbocycles. The number of ether oxygens (including phenoxy) is 1. The number of carbonyl (C=O) groups is 1. The Morgan fingerprint density at radius 2 is 2.09 bits per heavy atom. The lowest BCUT2D eigenvalue weighted by Crippen LogP contribution is -2.22. The monoisotopic (exact) mass is 321 g/mol. The number of hydrogen-bond donors (Lipinski definition) is 2. The van der Waals surface area contributed by atoms with Crippen LogP contribution < -0.4 is 15.9 Å². The summed E-state index contributed by atoms with van der Waals surface area (Å²) >= 11 is 1.44. The van der Waals surface area contributed by atoms with Gasteiger partial charge in [0.25, 0.3) is 0 Å². The molecule has 22 heavy (non-hydrogen) atoms. The topological polar surface area (TPSA) is 95.1 Å². The van der Waals surface area contributed by atoms with E-state index in [9.17, 15) is 4.79 Å². The summed E-state index contributed by atoms with van der Waals surface area (Å²) in [6, 6.07) is 7.53. The molecule has 0 spiro atoms. The molecule has 1 amide bonds. The number of nitrogens with zero attached hydrogens (tertiary/aromatic N) is 3. The predicted molar refractivity (Wildman–Crippen MR) is 86.2 cm³/mol. The minimum atomic E-state index is -0.0510. The molecule has 1 aromatic heterocycles. The Balaban J connectivity index is 2.02. The second-order valence-electron chi connectivity index (χ2n) is 4.46. The van der Waals surface area contributed by atoms with Crippen molar-refractivity contribution < 1.29 is 9.53 Å². The van der Waals surface area contributed by atoms with Crippen molar-refractivity contribution in [3.63, 3.8) is 0 Å². The standard InChI is InChI=1S/C14H19N5O2S/c1-3-21-12-6-4-11(5-7-12)13-17-18-14(19(13)15)22-9-8-16-10(2)20/h4-7H,3,8-9,15H2,1-2H3,(H,16,20). The SMILES string of the molecule is CCOc1ccc(-c2nnc(SCCNC(C)=O)n2N)cc1. The second-order valence-corrected chi connectivity index (χ2v) is 5.53. The Bertz CT molecular complexity index is 627. The van der Waals surface area contributed by atoms with Crippen molar-refractivity contribution in [3.8, 4) is 17.1 Å². The van der Waals surface area contributed by atoms with Crippen molar-refractivity contribution in [1.29, 1.82) is 0 Å². The van der Waals surface area contributed by atoms with Gasteiger partial charge >= 0.3 is 0 Å². The van der Waals surface area contributed by atoms with Crippen molar-refractivity contribution in [2.24, 2.45) is 0 Å². The fourth-order valence-electron chi connectivity index (χ4n) is 1.81. The summed E-state index contributed by atoms with van der Waals surface area (Å²) in [4.78, 5) is 10.8. The molecule has 0 radical (unpaired) electrons. The Morgan fingerprint density at radius 3 is 2.73 bits per heavy atom. The molecule has 8 heteroatoms. The van der Waals surface area contributed by atoms with Crippen molar-refractivity contribution in [3.05, 3.63) is 24.3 Å². The quantitative estimate of drug-likeness (QED) is 0.453. The van der Waals surface area contributed by atoms with E-state index in [2.05, 4.69) is 15.5 Å². The maximum absolute atomic E-state index is 10.8. The maximum Gasteiger partial charge on any atom is 0.216 e. The molecule has 0 aliphatic carbocycles. The van der Waals surface area contributed by atoms with Crippen LogP contribution in [-0.2, 0) is 4.79 Å². The van der Waals surface area contributed by atoms with Gasteiger partial charge in [0.15, 0.2) is 5.82 Å². The summed E-state index contributed by atoms with van der Waals surface area (Å²) < 4.78 is 6.86. The number of nitrogen functional groups attached to an aromatic ring is 1. The largest absolute Gasteiger partial charge is 0.494 e. The van der Waals surface area contributed by atoms with Crippen molar-refractivity contribution in [2.75, 3.05) is 24.7 Å². The lowest BCUT2D eigenvalue weighted by molar-refractivity contribution is -0.118. The first-order valence-electron chi connectivity index (χ1n) is 6.92. The van der Waals surface area contributed by atoms with Crippen LogP contribution >= 0.6 is 11.8 Å². The number of benzene rings is 1. The molecule has 0 fully saturated rings. The maximum atomic E-state index is 10.8. The van der Waals surface area contributed by atoms with Crippen LogP contribution in [0, 0.1) is 0 Å². The highest BCUT2D eigenvalue weighted by molar-refractivity contribution is 7.99. The minimum absolute atomic E-state index is 0.0510. The van der Waals surface area contributed by atoms with E-state index in [4.69, 9.17) is 10.6 Å². The van der Waals surface area contributed by atoms with Gasteiger partial charge in [-0.05, 0) is 31.2 Å². The van der Waals surface area contributed by atoms with Gasteiger partial charge in [0.2, 0.25) is 11.1 Å². The van der Waals surface area contributed by atoms with Crippen LogP contribution in [0.4, 0.5) is 0 Å². The average molecular weight is 321 g/mol. The van der Waals surface area contributed by atoms with Crippen LogP contribution in [0.1, 0.15) is 13.8 Å². The molecule has 2 aromatic rings. The number of nitrogens with one attached hydrogen (secondary N) is 1. The van der Waals surface area contributed by atoms with Gasteiger partial charge in [-0.25, -0.2) is 4.68 Å². The molecule has 0 atom stereocenters. The van der Waals surface area contributed by atoms with Gasteiger partial charge in [-0.15, -0.1) is 10.2 Å². The van der Waals surface area contributed by atoms with Gasteiger partial charge in [0.05, 0.1) is 6.61 Å². The van der Waals surface area contributed by atoms with Gasteiger partial charge in [-0.3, -0.25) is 4.79 Å². The van der Waals surface area contributed by atoms with Crippen LogP contribution in [0.25, 0.3) is 11.4 Å². The molecule has 0 aliphatic heterocycles. The van der Waals surface area contributed by atoms with Crippen LogP contribution in [0.5, 0.6) is 5.75 Å². The second kappa shape index (κ2) is 7.69. The van der Waals surface area contributed by atoms with E-state index in [1.54, 1.807) is 0 Å². The van der Waals surface area contributed by atoms with Gasteiger partial charge in [0.1, 0.15) is 5.75 Å². The first kappa shape index (κ1) is 16.2. The Hall–Kier alpha value is -2.22. The molecule has 3 N–H and O–H groups in total. The summed E-state index contributed by atoms with van der Waals surface area (Å²) in [6.45, 7) is 4.61. The molecule has 7 nitrogen and oxygen atoms in total. The van der Waals surface area contributed by atoms with E-state index >= 15 is 0 Å². The number of amides is 1. The third-order valence-electron chi connectivity index (χ3n) is 2.80. The van der Waals surface area contributed by atoms with E-state index < -0.39 is 0 Å². The predicted octanol–water partition coefficient (Wildman–Crippen LogP) is 1.29. The number of aromatic nitrogens is 3. The van der Waals surface area contributed by atoms with Gasteiger partial charge in [0, 0.05) is 24.8 Å². The fourth-order valence-corrected chi connectivity index (χ4v) is 2.52. The van der Waals surface area contributed by atoms with E-state index in [0.29, 0.717) is 29.9 Å². The average Bonchev–Trinajstić information content (AvgIpc) is 2.86. The number of rotatable bonds is 7. The van der Waals surface area contributed by atoms with Gasteiger partial charge in [-0.1, -0.05) is 11.8 Å². The Kier molecular flexibility index (Phi) is 5.65. The Labute approximate surface area is 133 Å². The summed E-state index contributed by atoms with van der Waals surface area (Å²) in [6.07, 6.45) is 0. The van der Waals surface area contributed by atoms with Crippen LogP contribution in [0.2, 0.25) is 0 Å². The van der Waals surface area contributed by atoms with Crippen LogP contribution in [0.15, 0.2) is 29.4 Å². The summed E-state index contributed by atoms with van der Waals surface area (Å²) in [5, 5.41) is 11.5. The highest BCUT2D eigenvalue weighted by atomic mass is 32.2. The number of thioether (sulfide) groups is 1. The zero-order chi connectivity index (χ0) is 15.9. The zero-order valence-electron chi connectivity index (χ0n) is 12.6. The summed E-state index contributed by atoms with van der Waals surface area (Å²) in [5.41, 5.74) is 0.868. The number of nitrogens with two attached hydrogens (primary N) is 1. The van der Waals surface area contributed by atoms with E-state index in [-0.39, 0.29) is 5.91 Å². The normalized spacial score (nSPS) is 10.5. The van der Waals surface area contributed by atoms with Crippen molar-refractivity contribution in [1.82, 2.24) is 20.2 Å². The molecule has 1 aromatic carbocycles. The minimum Gasteiger partial charge on any atom is -0.494 e. The smallest absolute Gasteiger partial charge is 0.216 e. The van der Waals surface area contributed by atoms with Crippen molar-refractivity contribution >= 4 is 17.7 Å². The molecule has 2 rings (SSSR count). The molecule has 0 bridgehead atoms. The van der Waals surface area contributed by atoms with Crippen LogP contribution in [-0.4, -0.2) is 39.7 Å². The number of carbonyl (C=O) groups excluding carboxylic acids is 1. The zero-order valence-corrected chi connectivity index (χ0v) is 13.4. The summed E-state index contributed by atoms with van der Waals surface area (Å²) in [5.74, 6) is 8.05. The molecule has 0 saturated heterocycles. The number of hydrogen-bond acceptors (Lipinski definition) is 6. The fraction of sp³-hybridized carbons (Fsp3) is 0.357. The lowest BCUT2D eigenvalue weighted by atomic mass is 10.2. The first-order valence-corrected chi connectivity index (χ1v) is 7.91. The highest BCUT2D eigenvalue weighted by Gasteiger charge is 2.12. The molecule has 1 heterocycles. The molecular weight excluding hydrogens is 302 g/mol. The van der Waals surface area contributed by atoms with Crippen LogP contribution in [0.3, 0.4) is 0 Å². The third-order valence-corrected chi connectivity index (χ3v) is 3.74. The van der Waals surface area contributed by atoms with Gasteiger partial charge < -0.3 is 15.9 Å². The van der Waals surface area contributed by atoms with Gasteiger partial charge in [-0.2, -0.15) is 0 Å². The van der Waals surface area contributed by atoms with E-state index in [1.807, 2.05) is 31.2 Å². The van der Waals surface area contributed by atoms with E-state index in [0.717, 1.165) is 11.3 Å². The molecule has 0 unspecified atom stereocenters. The summed E-state index contributed by atoms with van der Waals surface area (Å²) in [7, 11) is 0. The molecule has 0 aliphatic rings. The first-order chi connectivity index (χ1) is 10.6. The van der Waals surface area contributed by atoms with E-state index in [1.165, 1.54) is 23.4 Å². The molecule has 118 valence electrons. The van der Waals surface area contributed by atoms with Crippen molar-refractivity contribution in [2.45, 2.75) is 19.0 Å². The third kappa shape index (κ3) is 4.14. The Morgan fingerprint density at radius 1 is 1.36 bits per heavy atom. The molecular formula is C14H19N5O2S. The highest BCUT2D eigenvalue weighted by Crippen LogP contribution is 2.23.